The van der Waals surface area contributed by atoms with Crippen molar-refractivity contribution in [2.75, 3.05) is 46.9 Å². The third-order valence-electron chi connectivity index (χ3n) is 6.96. The minimum absolute atomic E-state index is 0.0392. The van der Waals surface area contributed by atoms with Crippen molar-refractivity contribution >= 4 is 11.0 Å². The molecule has 8 heteroatoms. The average molecular weight is 481 g/mol. The van der Waals surface area contributed by atoms with Crippen molar-refractivity contribution in [3.05, 3.63) is 53.5 Å². The molecule has 0 saturated carbocycles. The molecule has 2 fully saturated rings. The summed E-state index contributed by atoms with van der Waals surface area (Å²) in [5.74, 6) is 1.55. The van der Waals surface area contributed by atoms with Crippen LogP contribution in [0.2, 0.25) is 0 Å². The number of nitrogens with zero attached hydrogens (tertiary/aromatic N) is 4. The predicted molar refractivity (Wildman–Crippen MR) is 133 cm³/mol. The Balaban J connectivity index is 1.21. The van der Waals surface area contributed by atoms with Crippen LogP contribution in [-0.2, 0) is 29.0 Å². The van der Waals surface area contributed by atoms with Gasteiger partial charge in [0.2, 0.25) is 0 Å². The van der Waals surface area contributed by atoms with Crippen molar-refractivity contribution < 1.29 is 18.7 Å². The summed E-state index contributed by atoms with van der Waals surface area (Å²) in [7, 11) is 4.11. The van der Waals surface area contributed by atoms with Gasteiger partial charge in [0, 0.05) is 36.4 Å². The number of likely N-dealkylation sites (tertiary alicyclic amines) is 1. The number of ether oxygens (including phenoxy) is 3. The van der Waals surface area contributed by atoms with Crippen LogP contribution in [0.25, 0.3) is 11.0 Å². The normalized spacial score (nSPS) is 18.1. The lowest BCUT2D eigenvalue weighted by molar-refractivity contribution is -0.0661. The van der Waals surface area contributed by atoms with E-state index < -0.39 is 0 Å². The van der Waals surface area contributed by atoms with Crippen molar-refractivity contribution in [2.24, 2.45) is 5.92 Å². The third kappa shape index (κ3) is 6.19. The summed E-state index contributed by atoms with van der Waals surface area (Å²) in [4.78, 5) is 8.78. The Kier molecular flexibility index (Phi) is 7.93. The first-order valence-corrected chi connectivity index (χ1v) is 12.7. The summed E-state index contributed by atoms with van der Waals surface area (Å²) in [5, 5.41) is 5.59. The molecule has 0 N–H and O–H groups in total. The van der Waals surface area contributed by atoms with Gasteiger partial charge in [0.1, 0.15) is 12.4 Å². The van der Waals surface area contributed by atoms with Crippen LogP contribution < -0.4 is 4.74 Å². The number of aromatic nitrogens is 2. The molecule has 0 amide bonds. The highest BCUT2D eigenvalue weighted by Crippen LogP contribution is 2.33. The topological polar surface area (TPSA) is 73.1 Å². The molecule has 1 aromatic carbocycles. The second-order valence-corrected chi connectivity index (χ2v) is 9.89. The minimum atomic E-state index is -0.0392. The Labute approximate surface area is 207 Å². The summed E-state index contributed by atoms with van der Waals surface area (Å²) in [5.41, 5.74) is 3.97. The number of hydrogen-bond donors (Lipinski definition) is 0. The molecule has 8 nitrogen and oxygen atoms in total. The van der Waals surface area contributed by atoms with Gasteiger partial charge in [-0.1, -0.05) is 11.2 Å². The molecular weight excluding hydrogens is 444 g/mol. The molecular formula is C27H36N4O4. The zero-order valence-electron chi connectivity index (χ0n) is 20.8. The molecule has 2 aliphatic rings. The lowest BCUT2D eigenvalue weighted by Gasteiger charge is -2.32. The molecule has 5 rings (SSSR count). The Morgan fingerprint density at radius 3 is 2.69 bits per heavy atom. The lowest BCUT2D eigenvalue weighted by atomic mass is 9.91. The first-order chi connectivity index (χ1) is 17.2. The van der Waals surface area contributed by atoms with Gasteiger partial charge >= 0.3 is 0 Å². The highest BCUT2D eigenvalue weighted by molar-refractivity contribution is 5.84. The van der Waals surface area contributed by atoms with E-state index in [1.165, 1.54) is 12.8 Å². The summed E-state index contributed by atoms with van der Waals surface area (Å²) < 4.78 is 23.3. The smallest absolute Gasteiger partial charge is 0.175 e. The second kappa shape index (κ2) is 11.5. The lowest BCUT2D eigenvalue weighted by Crippen LogP contribution is -2.39. The van der Waals surface area contributed by atoms with Crippen LogP contribution in [0, 0.1) is 5.92 Å². The Bertz CT molecular complexity index is 1070. The molecule has 0 bridgehead atoms. The van der Waals surface area contributed by atoms with Crippen molar-refractivity contribution in [3.63, 3.8) is 0 Å². The fourth-order valence-electron chi connectivity index (χ4n) is 5.04. The van der Waals surface area contributed by atoms with Gasteiger partial charge in [-0.15, -0.1) is 0 Å². The maximum absolute atomic E-state index is 6.18. The highest BCUT2D eigenvalue weighted by Gasteiger charge is 2.25. The number of pyridine rings is 1. The highest BCUT2D eigenvalue weighted by atomic mass is 16.7. The maximum atomic E-state index is 6.18. The van der Waals surface area contributed by atoms with Crippen LogP contribution >= 0.6 is 0 Å². The molecule has 35 heavy (non-hydrogen) atoms. The predicted octanol–water partition coefficient (Wildman–Crippen LogP) is 3.88. The molecule has 3 aromatic rings. The van der Waals surface area contributed by atoms with Gasteiger partial charge < -0.3 is 23.6 Å². The van der Waals surface area contributed by atoms with Crippen LogP contribution in [0.3, 0.4) is 0 Å². The van der Waals surface area contributed by atoms with E-state index in [0.717, 1.165) is 85.8 Å². The molecule has 0 spiro atoms. The Morgan fingerprint density at radius 2 is 1.94 bits per heavy atom. The van der Waals surface area contributed by atoms with Gasteiger partial charge in [-0.05, 0) is 77.0 Å². The molecule has 2 aliphatic heterocycles. The van der Waals surface area contributed by atoms with Crippen molar-refractivity contribution in [3.8, 4) is 5.75 Å². The molecule has 2 saturated heterocycles. The average Bonchev–Trinajstić information content (AvgIpc) is 3.53. The summed E-state index contributed by atoms with van der Waals surface area (Å²) >= 11 is 0. The Morgan fingerprint density at radius 1 is 1.11 bits per heavy atom. The summed E-state index contributed by atoms with van der Waals surface area (Å²) in [6.07, 6.45) is 8.05. The minimum Gasteiger partial charge on any atom is -0.488 e. The van der Waals surface area contributed by atoms with Gasteiger partial charge in [0.15, 0.2) is 11.9 Å². The van der Waals surface area contributed by atoms with E-state index in [9.17, 15) is 0 Å². The first-order valence-electron chi connectivity index (χ1n) is 12.7. The van der Waals surface area contributed by atoms with Crippen LogP contribution in [-0.4, -0.2) is 73.2 Å². The fourth-order valence-corrected chi connectivity index (χ4v) is 5.04. The van der Waals surface area contributed by atoms with E-state index in [4.69, 9.17) is 18.7 Å². The zero-order valence-corrected chi connectivity index (χ0v) is 20.8. The molecule has 0 radical (unpaired) electrons. The fraction of sp³-hybridized carbons (Fsp3) is 0.556. The van der Waals surface area contributed by atoms with Gasteiger partial charge in [-0.3, -0.25) is 9.88 Å². The van der Waals surface area contributed by atoms with E-state index in [2.05, 4.69) is 46.2 Å². The molecule has 4 heterocycles. The second-order valence-electron chi connectivity index (χ2n) is 9.89. The van der Waals surface area contributed by atoms with Gasteiger partial charge in [-0.25, -0.2) is 0 Å². The third-order valence-corrected chi connectivity index (χ3v) is 6.96. The van der Waals surface area contributed by atoms with E-state index in [0.29, 0.717) is 12.5 Å². The largest absolute Gasteiger partial charge is 0.488 e. The van der Waals surface area contributed by atoms with Crippen molar-refractivity contribution in [2.45, 2.75) is 45.1 Å². The summed E-state index contributed by atoms with van der Waals surface area (Å²) in [6, 6.07) is 8.10. The number of piperidine rings is 1. The molecule has 2 aromatic heterocycles. The number of fused-ring (bicyclic) bond motifs is 1. The molecule has 0 aliphatic carbocycles. The number of hydrogen-bond acceptors (Lipinski definition) is 8. The number of rotatable bonds is 10. The van der Waals surface area contributed by atoms with Gasteiger partial charge in [-0.2, -0.15) is 0 Å². The monoisotopic (exact) mass is 480 g/mol. The standard InChI is InChI=1S/C27H36N4O4/c1-30(2)17-23-25(34-19-21-4-3-11-28-16-21)8-6-22-24(29-35-27(22)23)7-5-20-9-12-31(13-10-20)18-26-32-14-15-33-26/h3-4,6,8,11,16,20,26H,5,7,9-10,12-15,17-19H2,1-2H3. The van der Waals surface area contributed by atoms with E-state index in [-0.39, 0.29) is 6.29 Å². The molecule has 0 atom stereocenters. The van der Waals surface area contributed by atoms with Crippen LogP contribution in [0.5, 0.6) is 5.75 Å². The SMILES string of the molecule is CN(C)Cc1c(OCc2cccnc2)ccc2c(CCC3CCN(CC4OCCO4)CC3)noc12. The van der Waals surface area contributed by atoms with Gasteiger partial charge in [0.05, 0.1) is 24.5 Å². The quantitative estimate of drug-likeness (QED) is 0.433. The Hall–Kier alpha value is -2.52. The van der Waals surface area contributed by atoms with Crippen LogP contribution in [0.1, 0.15) is 36.1 Å². The van der Waals surface area contributed by atoms with Crippen LogP contribution in [0.4, 0.5) is 0 Å². The van der Waals surface area contributed by atoms with Gasteiger partial charge in [0.25, 0.3) is 0 Å². The maximum Gasteiger partial charge on any atom is 0.175 e. The van der Waals surface area contributed by atoms with E-state index in [1.54, 1.807) is 6.20 Å². The molecule has 188 valence electrons. The van der Waals surface area contributed by atoms with Crippen LogP contribution in [0.15, 0.2) is 41.2 Å². The zero-order chi connectivity index (χ0) is 24.0. The number of aryl methyl sites for hydroxylation is 1. The van der Waals surface area contributed by atoms with Crippen molar-refractivity contribution in [1.29, 1.82) is 0 Å². The van der Waals surface area contributed by atoms with E-state index >= 15 is 0 Å². The molecule has 0 unspecified atom stereocenters. The first kappa shape index (κ1) is 24.2. The number of benzene rings is 1. The van der Waals surface area contributed by atoms with E-state index in [1.807, 2.05) is 18.3 Å². The van der Waals surface area contributed by atoms with Crippen molar-refractivity contribution in [1.82, 2.24) is 19.9 Å². The summed E-state index contributed by atoms with van der Waals surface area (Å²) in [6.45, 7) is 5.75.